The van der Waals surface area contributed by atoms with Crippen LogP contribution in [0.25, 0.3) is 0 Å². The van der Waals surface area contributed by atoms with E-state index in [0.717, 1.165) is 36.3 Å². The highest BCUT2D eigenvalue weighted by molar-refractivity contribution is 8.13. The van der Waals surface area contributed by atoms with Crippen LogP contribution in [-0.4, -0.2) is 23.5 Å². The molecule has 4 rings (SSSR count). The molecule has 3 saturated carbocycles. The summed E-state index contributed by atoms with van der Waals surface area (Å²) in [6.07, 6.45) is 7.11. The maximum atomic E-state index is 4.87. The van der Waals surface area contributed by atoms with Crippen LogP contribution >= 0.6 is 11.8 Å². The molecule has 0 aromatic carbocycles. The molecule has 1 heterocycles. The average molecular weight is 278 g/mol. The van der Waals surface area contributed by atoms with Crippen LogP contribution in [0, 0.1) is 29.1 Å². The van der Waals surface area contributed by atoms with Crippen LogP contribution < -0.4 is 5.32 Å². The minimum Gasteiger partial charge on any atom is -0.362 e. The predicted octanol–water partition coefficient (Wildman–Crippen LogP) is 3.53. The molecule has 1 N–H and O–H groups in total. The third-order valence-electron chi connectivity index (χ3n) is 6.60. The van der Waals surface area contributed by atoms with Gasteiger partial charge >= 0.3 is 0 Å². The fourth-order valence-electron chi connectivity index (χ4n) is 4.98. The van der Waals surface area contributed by atoms with Crippen molar-refractivity contribution in [3.63, 3.8) is 0 Å². The first-order chi connectivity index (χ1) is 9.26. The van der Waals surface area contributed by atoms with E-state index >= 15 is 0 Å². The minimum atomic E-state index is 0.480. The van der Waals surface area contributed by atoms with E-state index in [1.54, 1.807) is 6.42 Å². The summed E-state index contributed by atoms with van der Waals surface area (Å²) in [6, 6.07) is 0.799. The molecule has 3 fully saturated rings. The normalized spacial score (nSPS) is 45.8. The Morgan fingerprint density at radius 3 is 2.42 bits per heavy atom. The lowest BCUT2D eigenvalue weighted by atomic mass is 9.84. The number of rotatable bonds is 3. The first kappa shape index (κ1) is 12.6. The maximum Gasteiger partial charge on any atom is 0.156 e. The van der Waals surface area contributed by atoms with E-state index in [2.05, 4.69) is 19.2 Å². The lowest BCUT2D eigenvalue weighted by Crippen LogP contribution is -2.36. The van der Waals surface area contributed by atoms with E-state index < -0.39 is 0 Å². The van der Waals surface area contributed by atoms with Crippen LogP contribution in [0.5, 0.6) is 0 Å². The number of aliphatic imine (C=N–C) groups is 1. The second-order valence-electron chi connectivity index (χ2n) is 7.28. The number of fused-ring (bicyclic) bond motifs is 5. The van der Waals surface area contributed by atoms with Crippen molar-refractivity contribution in [3.05, 3.63) is 0 Å². The molecule has 2 bridgehead atoms. The molecule has 0 spiro atoms. The number of amidine groups is 1. The van der Waals surface area contributed by atoms with E-state index in [9.17, 15) is 0 Å². The first-order valence-corrected chi connectivity index (χ1v) is 9.18. The molecular weight excluding hydrogens is 252 g/mol. The minimum absolute atomic E-state index is 0.480. The molecule has 0 radical (unpaired) electrons. The fraction of sp³-hybridized carbons (Fsp3) is 0.938. The average Bonchev–Trinajstić information content (AvgIpc) is 2.86. The number of hydrogen-bond donors (Lipinski definition) is 1. The molecule has 4 unspecified atom stereocenters. The molecule has 0 aromatic heterocycles. The van der Waals surface area contributed by atoms with E-state index in [4.69, 9.17) is 4.99 Å². The Kier molecular flexibility index (Phi) is 2.91. The third-order valence-corrected chi connectivity index (χ3v) is 7.88. The van der Waals surface area contributed by atoms with Gasteiger partial charge < -0.3 is 5.32 Å². The number of hydrogen-bond acceptors (Lipinski definition) is 3. The lowest BCUT2D eigenvalue weighted by Gasteiger charge is -2.33. The van der Waals surface area contributed by atoms with Crippen LogP contribution in [0.3, 0.4) is 0 Å². The monoisotopic (exact) mass is 278 g/mol. The Labute approximate surface area is 121 Å². The quantitative estimate of drug-likeness (QED) is 0.854. The topological polar surface area (TPSA) is 24.4 Å². The predicted molar refractivity (Wildman–Crippen MR) is 82.5 cm³/mol. The summed E-state index contributed by atoms with van der Waals surface area (Å²) in [5.41, 5.74) is 0.480. The van der Waals surface area contributed by atoms with Gasteiger partial charge in [-0.1, -0.05) is 25.6 Å². The lowest BCUT2D eigenvalue weighted by molar-refractivity contribution is 0.318. The molecule has 3 aliphatic carbocycles. The van der Waals surface area contributed by atoms with Crippen molar-refractivity contribution in [2.24, 2.45) is 34.1 Å². The molecule has 1 aliphatic heterocycles. The number of nitrogens with one attached hydrogen (secondary N) is 1. The van der Waals surface area contributed by atoms with Gasteiger partial charge in [0.05, 0.1) is 0 Å². The summed E-state index contributed by atoms with van der Waals surface area (Å²) in [7, 11) is 0. The highest BCUT2D eigenvalue weighted by Crippen LogP contribution is 2.65. The summed E-state index contributed by atoms with van der Waals surface area (Å²) < 4.78 is 0. The molecule has 106 valence electrons. The SMILES string of the molecule is CCC1(CC)CN=C(NC2C3C4CCC(C4)C23)SC1. The standard InChI is InChI=1S/C16H26N2S/c1-3-16(4-2)8-17-15(19-9-16)18-14-12-10-5-6-11(7-10)13(12)14/h10-14H,3-9H2,1-2H3,(H,17,18). The van der Waals surface area contributed by atoms with Gasteiger partial charge in [-0.25, -0.2) is 0 Å². The van der Waals surface area contributed by atoms with Gasteiger partial charge in [0, 0.05) is 18.3 Å². The molecule has 4 atom stereocenters. The summed E-state index contributed by atoms with van der Waals surface area (Å²) in [4.78, 5) is 4.87. The van der Waals surface area contributed by atoms with E-state index in [-0.39, 0.29) is 0 Å². The Bertz CT molecular complexity index is 386. The Morgan fingerprint density at radius 2 is 1.89 bits per heavy atom. The van der Waals surface area contributed by atoms with Gasteiger partial charge in [0.25, 0.3) is 0 Å². The highest BCUT2D eigenvalue weighted by atomic mass is 32.2. The molecule has 4 aliphatic rings. The molecule has 0 saturated heterocycles. The summed E-state index contributed by atoms with van der Waals surface area (Å²) >= 11 is 1.99. The summed E-state index contributed by atoms with van der Waals surface area (Å²) in [6.45, 7) is 5.69. The van der Waals surface area contributed by atoms with Crippen molar-refractivity contribution in [3.8, 4) is 0 Å². The fourth-order valence-corrected chi connectivity index (χ4v) is 6.30. The zero-order valence-electron chi connectivity index (χ0n) is 12.2. The Balaban J connectivity index is 1.37. The zero-order chi connectivity index (χ0) is 13.0. The van der Waals surface area contributed by atoms with Gasteiger partial charge in [-0.05, 0) is 61.2 Å². The van der Waals surface area contributed by atoms with Gasteiger partial charge in [-0.15, -0.1) is 0 Å². The van der Waals surface area contributed by atoms with Gasteiger partial charge in [0.2, 0.25) is 0 Å². The Morgan fingerprint density at radius 1 is 1.21 bits per heavy atom. The van der Waals surface area contributed by atoms with Crippen molar-refractivity contribution < 1.29 is 0 Å². The smallest absolute Gasteiger partial charge is 0.156 e. The number of thioether (sulfide) groups is 1. The van der Waals surface area contributed by atoms with E-state index in [1.165, 1.54) is 36.6 Å². The number of nitrogens with zero attached hydrogens (tertiary/aromatic N) is 1. The van der Waals surface area contributed by atoms with Crippen LogP contribution in [0.2, 0.25) is 0 Å². The van der Waals surface area contributed by atoms with Crippen LogP contribution in [0.15, 0.2) is 4.99 Å². The maximum absolute atomic E-state index is 4.87. The summed E-state index contributed by atoms with van der Waals surface area (Å²) in [5, 5.41) is 5.06. The van der Waals surface area contributed by atoms with Crippen LogP contribution in [0.1, 0.15) is 46.0 Å². The third kappa shape index (κ3) is 1.87. The van der Waals surface area contributed by atoms with Crippen molar-refractivity contribution in [2.75, 3.05) is 12.3 Å². The van der Waals surface area contributed by atoms with Gasteiger partial charge in [0.15, 0.2) is 5.17 Å². The van der Waals surface area contributed by atoms with Crippen molar-refractivity contribution in [1.29, 1.82) is 0 Å². The zero-order valence-corrected chi connectivity index (χ0v) is 13.0. The van der Waals surface area contributed by atoms with Gasteiger partial charge in [0.1, 0.15) is 0 Å². The molecule has 0 amide bonds. The molecule has 19 heavy (non-hydrogen) atoms. The van der Waals surface area contributed by atoms with Crippen molar-refractivity contribution in [2.45, 2.75) is 52.0 Å². The van der Waals surface area contributed by atoms with Gasteiger partial charge in [-0.2, -0.15) is 0 Å². The van der Waals surface area contributed by atoms with Crippen LogP contribution in [0.4, 0.5) is 0 Å². The first-order valence-electron chi connectivity index (χ1n) is 8.20. The second-order valence-corrected chi connectivity index (χ2v) is 8.24. The highest BCUT2D eigenvalue weighted by Gasteiger charge is 2.65. The van der Waals surface area contributed by atoms with Crippen LogP contribution in [-0.2, 0) is 0 Å². The molecule has 0 aromatic rings. The van der Waals surface area contributed by atoms with E-state index in [0.29, 0.717) is 5.41 Å². The molecular formula is C16H26N2S. The Hall–Kier alpha value is -0.180. The molecule has 3 heteroatoms. The van der Waals surface area contributed by atoms with Crippen molar-refractivity contribution >= 4 is 16.9 Å². The van der Waals surface area contributed by atoms with Crippen molar-refractivity contribution in [1.82, 2.24) is 5.32 Å². The largest absolute Gasteiger partial charge is 0.362 e. The molecule has 2 nitrogen and oxygen atoms in total. The summed E-state index contributed by atoms with van der Waals surface area (Å²) in [5.74, 6) is 5.43. The van der Waals surface area contributed by atoms with Gasteiger partial charge in [-0.3, -0.25) is 4.99 Å². The second kappa shape index (κ2) is 4.41. The van der Waals surface area contributed by atoms with E-state index in [1.807, 2.05) is 11.8 Å².